The molecule has 0 bridgehead atoms. The molecule has 0 fully saturated rings. The van der Waals surface area contributed by atoms with Gasteiger partial charge in [-0.1, -0.05) is 35.3 Å². The van der Waals surface area contributed by atoms with Crippen LogP contribution >= 0.6 is 23.2 Å². The van der Waals surface area contributed by atoms with E-state index in [2.05, 4.69) is 15.6 Å². The summed E-state index contributed by atoms with van der Waals surface area (Å²) in [4.78, 5) is 16.0. The van der Waals surface area contributed by atoms with Crippen molar-refractivity contribution in [2.24, 2.45) is 0 Å². The van der Waals surface area contributed by atoms with Gasteiger partial charge in [0.2, 0.25) is 12.1 Å². The third-order valence-electron chi connectivity index (χ3n) is 4.72. The Bertz CT molecular complexity index is 1150. The Morgan fingerprint density at radius 1 is 1.18 bits per heavy atom. The van der Waals surface area contributed by atoms with Gasteiger partial charge in [-0.05, 0) is 30.2 Å². The van der Waals surface area contributed by atoms with E-state index in [1.165, 1.54) is 12.1 Å². The average molecular weight is 500 g/mol. The molecule has 0 aliphatic heterocycles. The molecule has 0 saturated carbocycles. The molecule has 0 radical (unpaired) electrons. The normalized spacial score (nSPS) is 11.3. The van der Waals surface area contributed by atoms with Gasteiger partial charge in [-0.15, -0.1) is 0 Å². The van der Waals surface area contributed by atoms with Crippen LogP contribution in [0.5, 0.6) is 0 Å². The molecule has 2 heterocycles. The molecule has 6 nitrogen and oxygen atoms in total. The fraction of sp³-hybridized carbons (Fsp3) is 0.227. The maximum absolute atomic E-state index is 14.9. The molecule has 0 atom stereocenters. The van der Waals surface area contributed by atoms with Crippen LogP contribution in [-0.4, -0.2) is 29.2 Å². The molecule has 1 aromatic carbocycles. The number of nitrogens with one attached hydrogen (secondary N) is 2. The summed E-state index contributed by atoms with van der Waals surface area (Å²) in [6.45, 7) is -0.756. The predicted octanol–water partition coefficient (Wildman–Crippen LogP) is 4.16. The van der Waals surface area contributed by atoms with Crippen LogP contribution in [0.25, 0.3) is 0 Å². The van der Waals surface area contributed by atoms with Crippen molar-refractivity contribution in [3.8, 4) is 0 Å². The van der Waals surface area contributed by atoms with Gasteiger partial charge in [0.05, 0.1) is 18.0 Å². The molecule has 11 heteroatoms. The number of alkyl halides is 2. The highest BCUT2D eigenvalue weighted by molar-refractivity contribution is 6.31. The van der Waals surface area contributed by atoms with E-state index in [4.69, 9.17) is 23.2 Å². The van der Waals surface area contributed by atoms with Crippen molar-refractivity contribution in [1.29, 1.82) is 0 Å². The molecule has 3 N–H and O–H groups in total. The molecule has 0 unspecified atom stereocenters. The minimum absolute atomic E-state index is 0.105. The van der Waals surface area contributed by atoms with E-state index in [-0.39, 0.29) is 15.3 Å². The van der Waals surface area contributed by atoms with Gasteiger partial charge in [0.1, 0.15) is 0 Å². The van der Waals surface area contributed by atoms with E-state index in [0.717, 1.165) is 24.0 Å². The Morgan fingerprint density at radius 3 is 2.70 bits per heavy atom. The number of rotatable bonds is 9. The van der Waals surface area contributed by atoms with Crippen molar-refractivity contribution >= 4 is 34.9 Å². The highest BCUT2D eigenvalue weighted by Gasteiger charge is 2.41. The first-order valence-electron chi connectivity index (χ1n) is 9.83. The molecule has 2 aromatic heterocycles. The second-order valence-electron chi connectivity index (χ2n) is 7.14. The average Bonchev–Trinajstić information content (AvgIpc) is 2.76. The number of benzene rings is 1. The topological polar surface area (TPSA) is 78.1 Å². The summed E-state index contributed by atoms with van der Waals surface area (Å²) in [5.41, 5.74) is 0.0619. The molecule has 3 rings (SSSR count). The zero-order valence-corrected chi connectivity index (χ0v) is 18.7. The van der Waals surface area contributed by atoms with Gasteiger partial charge in [-0.3, -0.25) is 10.0 Å². The number of nitrogens with zero attached hydrogens (tertiary/aromatic N) is 2. The van der Waals surface area contributed by atoms with Crippen LogP contribution in [0.3, 0.4) is 0 Å². The monoisotopic (exact) mass is 499 g/mol. The fourth-order valence-corrected chi connectivity index (χ4v) is 3.47. The summed E-state index contributed by atoms with van der Waals surface area (Å²) in [7, 11) is 0. The number of hydrogen-bond donors (Lipinski definition) is 3. The first-order chi connectivity index (χ1) is 15.7. The maximum atomic E-state index is 14.9. The van der Waals surface area contributed by atoms with Crippen LogP contribution in [-0.2, 0) is 23.6 Å². The van der Waals surface area contributed by atoms with Crippen LogP contribution in [0, 0.1) is 5.82 Å². The van der Waals surface area contributed by atoms with E-state index in [1.54, 1.807) is 18.2 Å². The molecule has 174 valence electrons. The quantitative estimate of drug-likeness (QED) is 0.305. The van der Waals surface area contributed by atoms with Crippen molar-refractivity contribution in [3.63, 3.8) is 0 Å². The minimum atomic E-state index is -3.54. The lowest BCUT2D eigenvalue weighted by molar-refractivity contribution is -0.913. The Hall–Kier alpha value is -3.04. The third kappa shape index (κ3) is 6.49. The van der Waals surface area contributed by atoms with E-state index >= 15 is 0 Å². The Balaban J connectivity index is 1.63. The van der Waals surface area contributed by atoms with Crippen LogP contribution in [0.2, 0.25) is 10.0 Å². The Morgan fingerprint density at radius 2 is 1.97 bits per heavy atom. The van der Waals surface area contributed by atoms with Gasteiger partial charge in [0, 0.05) is 40.2 Å². The molecular weight excluding hydrogens is 480 g/mol. The summed E-state index contributed by atoms with van der Waals surface area (Å²) >= 11 is 11.9. The van der Waals surface area contributed by atoms with E-state index < -0.39 is 42.1 Å². The van der Waals surface area contributed by atoms with Crippen molar-refractivity contribution in [2.45, 2.75) is 18.8 Å². The first-order valence-corrected chi connectivity index (χ1v) is 10.6. The van der Waals surface area contributed by atoms with Crippen LogP contribution in [0.15, 0.2) is 54.9 Å². The van der Waals surface area contributed by atoms with Crippen LogP contribution in [0.1, 0.15) is 16.8 Å². The lowest BCUT2D eigenvalue weighted by atomic mass is 10.1. The molecule has 3 aromatic rings. The first kappa shape index (κ1) is 24.6. The summed E-state index contributed by atoms with van der Waals surface area (Å²) in [6, 6.07) is 10.9. The lowest BCUT2D eigenvalue weighted by Gasteiger charge is -2.15. The van der Waals surface area contributed by atoms with E-state index in [0.29, 0.717) is 18.0 Å². The van der Waals surface area contributed by atoms with Gasteiger partial charge in [0.25, 0.3) is 0 Å². The highest BCUT2D eigenvalue weighted by Crippen LogP contribution is 2.28. The number of pyridine rings is 2. The Kier molecular flexibility index (Phi) is 7.99. The van der Waals surface area contributed by atoms with Gasteiger partial charge in [-0.2, -0.15) is 8.78 Å². The number of amides is 1. The molecule has 0 aliphatic carbocycles. The van der Waals surface area contributed by atoms with Crippen LogP contribution in [0.4, 0.5) is 19.0 Å². The lowest BCUT2D eigenvalue weighted by Crippen LogP contribution is -2.43. The SMILES string of the molecule is O=C(Cc1c(Cl)cnc(NCC(F)(F)c2cccc[n+]2O)c1F)NCCc1cccc(Cl)c1. The Labute approximate surface area is 197 Å². The van der Waals surface area contributed by atoms with Crippen molar-refractivity contribution in [2.75, 3.05) is 18.4 Å². The largest absolute Gasteiger partial charge is 0.361 e. The summed E-state index contributed by atoms with van der Waals surface area (Å²) in [6.07, 6.45) is 2.25. The van der Waals surface area contributed by atoms with E-state index in [1.807, 2.05) is 6.07 Å². The van der Waals surface area contributed by atoms with Gasteiger partial charge in [0.15, 0.2) is 11.6 Å². The molecule has 33 heavy (non-hydrogen) atoms. The zero-order chi connectivity index (χ0) is 24.0. The summed E-state index contributed by atoms with van der Waals surface area (Å²) < 4.78 is 44.0. The molecule has 1 amide bonds. The number of carbonyl (C=O) groups excluding carboxylic acids is 1. The second kappa shape index (κ2) is 10.7. The molecule has 0 spiro atoms. The minimum Gasteiger partial charge on any atom is -0.361 e. The molecule has 0 aliphatic rings. The van der Waals surface area contributed by atoms with E-state index in [9.17, 15) is 23.2 Å². The summed E-state index contributed by atoms with van der Waals surface area (Å²) in [5.74, 6) is -5.53. The fourth-order valence-electron chi connectivity index (χ4n) is 3.06. The smallest absolute Gasteiger partial charge is 0.351 e. The zero-order valence-electron chi connectivity index (χ0n) is 17.2. The molecular formula is C22H20Cl2F3N4O2+. The van der Waals surface area contributed by atoms with Crippen molar-refractivity contribution < 1.29 is 27.9 Å². The van der Waals surface area contributed by atoms with Gasteiger partial charge in [-0.25, -0.2) is 9.37 Å². The standard InChI is InChI=1S/C22H19Cl2F3N4O2/c23-15-5-3-4-14(10-15)7-8-28-19(32)11-16-17(24)12-29-21(20(16)25)30-13-22(26,27)18-6-1-2-9-31(18)33/h1-6,9-10,12H,7-8,11,13H2,(H2-,28,29,30,32,33)/p+1. The number of aromatic nitrogens is 2. The maximum Gasteiger partial charge on any atom is 0.351 e. The number of halogens is 5. The van der Waals surface area contributed by atoms with Gasteiger partial charge >= 0.3 is 11.6 Å². The predicted molar refractivity (Wildman–Crippen MR) is 117 cm³/mol. The molecule has 0 saturated heterocycles. The highest BCUT2D eigenvalue weighted by atomic mass is 35.5. The number of anilines is 1. The van der Waals surface area contributed by atoms with Crippen LogP contribution < -0.4 is 15.4 Å². The van der Waals surface area contributed by atoms with Crippen molar-refractivity contribution in [1.82, 2.24) is 10.3 Å². The number of carbonyl (C=O) groups is 1. The van der Waals surface area contributed by atoms with Gasteiger partial charge < -0.3 is 10.6 Å². The second-order valence-corrected chi connectivity index (χ2v) is 7.99. The van der Waals surface area contributed by atoms with Crippen molar-refractivity contribution in [3.05, 3.63) is 87.5 Å². The number of hydrogen-bond acceptors (Lipinski definition) is 4. The third-order valence-corrected chi connectivity index (χ3v) is 5.28. The summed E-state index contributed by atoms with van der Waals surface area (Å²) in [5, 5.41) is 14.9.